The maximum Gasteiger partial charge on any atom is 0.220 e. The average molecular weight is 316 g/mol. The molecule has 22 heavy (non-hydrogen) atoms. The van der Waals surface area contributed by atoms with Crippen LogP contribution in [0, 0.1) is 5.92 Å². The van der Waals surface area contributed by atoms with E-state index in [4.69, 9.17) is 9.47 Å². The Morgan fingerprint density at radius 3 is 2.00 bits per heavy atom. The minimum atomic E-state index is -0.103. The van der Waals surface area contributed by atoms with E-state index in [0.717, 1.165) is 6.54 Å². The van der Waals surface area contributed by atoms with Gasteiger partial charge in [0.05, 0.1) is 26.4 Å². The Hall–Kier alpha value is -0.980. The van der Waals surface area contributed by atoms with Gasteiger partial charge in [-0.25, -0.2) is 0 Å². The van der Waals surface area contributed by atoms with Crippen molar-refractivity contribution in [2.24, 2.45) is 5.92 Å². The summed E-state index contributed by atoms with van der Waals surface area (Å²) in [4.78, 5) is 22.9. The highest BCUT2D eigenvalue weighted by atomic mass is 16.5. The first-order valence-corrected chi connectivity index (χ1v) is 8.11. The van der Waals surface area contributed by atoms with Crippen LogP contribution in [0.3, 0.4) is 0 Å². The van der Waals surface area contributed by atoms with Gasteiger partial charge in [0.2, 0.25) is 5.91 Å². The zero-order valence-electron chi connectivity index (χ0n) is 14.4. The molecule has 0 unspecified atom stereocenters. The van der Waals surface area contributed by atoms with Crippen LogP contribution >= 0.6 is 0 Å². The van der Waals surface area contributed by atoms with E-state index >= 15 is 0 Å². The molecule has 0 fully saturated rings. The Balaban J connectivity index is 3.28. The summed E-state index contributed by atoms with van der Waals surface area (Å²) < 4.78 is 10.7. The van der Waals surface area contributed by atoms with E-state index in [1.807, 2.05) is 13.8 Å². The van der Waals surface area contributed by atoms with Crippen LogP contribution in [0.4, 0.5) is 0 Å². The van der Waals surface area contributed by atoms with Crippen LogP contribution in [0.15, 0.2) is 0 Å². The number of rotatable bonds is 14. The van der Waals surface area contributed by atoms with Crippen LogP contribution < -0.4 is 10.6 Å². The third kappa shape index (κ3) is 14.0. The number of ether oxygens (including phenoxy) is 2. The molecule has 0 aromatic rings. The number of hydrogen-bond donors (Lipinski definition) is 2. The fourth-order valence-corrected chi connectivity index (χ4v) is 1.62. The van der Waals surface area contributed by atoms with Gasteiger partial charge in [-0.1, -0.05) is 27.7 Å². The summed E-state index contributed by atoms with van der Waals surface area (Å²) >= 11 is 0. The number of carbonyl (C=O) groups is 2. The second-order valence-electron chi connectivity index (χ2n) is 5.80. The van der Waals surface area contributed by atoms with Gasteiger partial charge in [-0.15, -0.1) is 0 Å². The topological polar surface area (TPSA) is 76.7 Å². The Morgan fingerprint density at radius 2 is 1.45 bits per heavy atom. The summed E-state index contributed by atoms with van der Waals surface area (Å²) in [5.74, 6) is 0.0102. The third-order valence-corrected chi connectivity index (χ3v) is 2.98. The van der Waals surface area contributed by atoms with E-state index in [1.54, 1.807) is 0 Å². The van der Waals surface area contributed by atoms with E-state index < -0.39 is 0 Å². The first kappa shape index (κ1) is 21.0. The number of hydrogen-bond acceptors (Lipinski definition) is 5. The largest absolute Gasteiger partial charge is 0.378 e. The monoisotopic (exact) mass is 316 g/mol. The molecule has 1 amide bonds. The highest BCUT2D eigenvalue weighted by Crippen LogP contribution is 2.01. The van der Waals surface area contributed by atoms with Crippen molar-refractivity contribution in [2.75, 3.05) is 39.5 Å². The summed E-state index contributed by atoms with van der Waals surface area (Å²) in [6.07, 6.45) is 0.561. The molecule has 0 saturated carbocycles. The van der Waals surface area contributed by atoms with Crippen molar-refractivity contribution in [2.45, 2.75) is 46.6 Å². The lowest BCUT2D eigenvalue weighted by Gasteiger charge is -2.09. The fraction of sp³-hybridized carbons (Fsp3) is 0.875. The zero-order valence-corrected chi connectivity index (χ0v) is 14.4. The van der Waals surface area contributed by atoms with Gasteiger partial charge < -0.3 is 20.1 Å². The van der Waals surface area contributed by atoms with Gasteiger partial charge in [-0.05, 0) is 0 Å². The molecule has 0 rings (SSSR count). The van der Waals surface area contributed by atoms with Gasteiger partial charge >= 0.3 is 0 Å². The molecule has 0 radical (unpaired) electrons. The normalized spacial score (nSPS) is 11.2. The number of Topliss-reactive ketones (excluding diaryl/α,β-unsaturated/α-hetero) is 1. The molecule has 0 spiro atoms. The van der Waals surface area contributed by atoms with Crippen LogP contribution in [0.1, 0.15) is 40.5 Å². The first-order valence-electron chi connectivity index (χ1n) is 8.11. The molecule has 0 heterocycles. The summed E-state index contributed by atoms with van der Waals surface area (Å²) in [5, 5.41) is 5.99. The minimum Gasteiger partial charge on any atom is -0.378 e. The Kier molecular flexibility index (Phi) is 13.1. The molecule has 0 bridgehead atoms. The van der Waals surface area contributed by atoms with Crippen molar-refractivity contribution in [3.63, 3.8) is 0 Å². The molecule has 2 N–H and O–H groups in total. The highest BCUT2D eigenvalue weighted by molar-refractivity contribution is 5.85. The summed E-state index contributed by atoms with van der Waals surface area (Å²) in [6, 6.07) is 0.472. The van der Waals surface area contributed by atoms with E-state index in [2.05, 4.69) is 24.5 Å². The molecule has 0 atom stereocenters. The van der Waals surface area contributed by atoms with Crippen LogP contribution in [-0.4, -0.2) is 57.2 Å². The average Bonchev–Trinajstić information content (AvgIpc) is 2.46. The maximum absolute atomic E-state index is 11.5. The number of amides is 1. The lowest BCUT2D eigenvalue weighted by atomic mass is 10.0. The lowest BCUT2D eigenvalue weighted by Crippen LogP contribution is -2.28. The van der Waals surface area contributed by atoms with Crippen LogP contribution in [0.5, 0.6) is 0 Å². The molecule has 0 aliphatic heterocycles. The predicted octanol–water partition coefficient (Wildman–Crippen LogP) is 1.14. The standard InChI is InChI=1S/C16H32N2O4/c1-13(2)15(19)5-6-16(20)18-8-10-22-12-11-21-9-7-17-14(3)4/h13-14,17H,5-12H2,1-4H3,(H,18,20). The number of ketones is 1. The van der Waals surface area contributed by atoms with Crippen molar-refractivity contribution in [1.29, 1.82) is 0 Å². The fourth-order valence-electron chi connectivity index (χ4n) is 1.62. The first-order chi connectivity index (χ1) is 10.4. The van der Waals surface area contributed by atoms with Crippen molar-refractivity contribution < 1.29 is 19.1 Å². The molecule has 130 valence electrons. The smallest absolute Gasteiger partial charge is 0.220 e. The molecular formula is C16H32N2O4. The van der Waals surface area contributed by atoms with Crippen LogP contribution in [0.25, 0.3) is 0 Å². The second kappa shape index (κ2) is 13.7. The maximum atomic E-state index is 11.5. The Labute approximate surface area is 134 Å². The van der Waals surface area contributed by atoms with Crippen molar-refractivity contribution >= 4 is 11.7 Å². The molecule has 0 aromatic carbocycles. The zero-order chi connectivity index (χ0) is 16.8. The SMILES string of the molecule is CC(C)NCCOCCOCCNC(=O)CCC(=O)C(C)C. The number of nitrogens with one attached hydrogen (secondary N) is 2. The van der Waals surface area contributed by atoms with Gasteiger partial charge in [0, 0.05) is 37.9 Å². The molecule has 6 nitrogen and oxygen atoms in total. The Bertz CT molecular complexity index is 307. The van der Waals surface area contributed by atoms with Gasteiger partial charge in [-0.3, -0.25) is 9.59 Å². The third-order valence-electron chi connectivity index (χ3n) is 2.98. The molecule has 0 aromatic heterocycles. The molecule has 0 saturated heterocycles. The Morgan fingerprint density at radius 1 is 0.864 bits per heavy atom. The van der Waals surface area contributed by atoms with Crippen LogP contribution in [0.2, 0.25) is 0 Å². The van der Waals surface area contributed by atoms with Crippen molar-refractivity contribution in [3.8, 4) is 0 Å². The predicted molar refractivity (Wildman–Crippen MR) is 86.9 cm³/mol. The van der Waals surface area contributed by atoms with Gasteiger partial charge in [-0.2, -0.15) is 0 Å². The molecule has 6 heteroatoms. The quantitative estimate of drug-likeness (QED) is 0.470. The minimum absolute atomic E-state index is 0.00753. The number of carbonyl (C=O) groups excluding carboxylic acids is 2. The van der Waals surface area contributed by atoms with E-state index in [-0.39, 0.29) is 24.0 Å². The molecule has 0 aliphatic rings. The summed E-state index contributed by atoms with van der Waals surface area (Å²) in [5.41, 5.74) is 0. The van der Waals surface area contributed by atoms with E-state index in [9.17, 15) is 9.59 Å². The lowest BCUT2D eigenvalue weighted by molar-refractivity contribution is -0.126. The van der Waals surface area contributed by atoms with Crippen molar-refractivity contribution in [1.82, 2.24) is 10.6 Å². The summed E-state index contributed by atoms with van der Waals surface area (Å²) in [6.45, 7) is 11.4. The molecular weight excluding hydrogens is 284 g/mol. The van der Waals surface area contributed by atoms with Crippen LogP contribution in [-0.2, 0) is 19.1 Å². The highest BCUT2D eigenvalue weighted by Gasteiger charge is 2.09. The van der Waals surface area contributed by atoms with E-state index in [0.29, 0.717) is 45.4 Å². The van der Waals surface area contributed by atoms with Gasteiger partial charge in [0.15, 0.2) is 0 Å². The second-order valence-corrected chi connectivity index (χ2v) is 5.80. The molecule has 0 aliphatic carbocycles. The van der Waals surface area contributed by atoms with Gasteiger partial charge in [0.1, 0.15) is 5.78 Å². The van der Waals surface area contributed by atoms with E-state index in [1.165, 1.54) is 0 Å². The van der Waals surface area contributed by atoms with Gasteiger partial charge in [0.25, 0.3) is 0 Å². The summed E-state index contributed by atoms with van der Waals surface area (Å²) in [7, 11) is 0. The van der Waals surface area contributed by atoms with Crippen molar-refractivity contribution in [3.05, 3.63) is 0 Å².